The Kier molecular flexibility index (Phi) is 4.17. The highest BCUT2D eigenvalue weighted by atomic mass is 19.1. The maximum Gasteiger partial charge on any atom is 0.125 e. The van der Waals surface area contributed by atoms with Crippen LogP contribution in [0.4, 0.5) is 15.8 Å². The van der Waals surface area contributed by atoms with Crippen LogP contribution in [-0.2, 0) is 0 Å². The molecular formula is C16H18FNO. The van der Waals surface area contributed by atoms with E-state index in [-0.39, 0.29) is 5.82 Å². The van der Waals surface area contributed by atoms with Crippen molar-refractivity contribution in [2.75, 3.05) is 11.9 Å². The second-order valence-corrected chi connectivity index (χ2v) is 4.55. The molecule has 0 saturated carbocycles. The summed E-state index contributed by atoms with van der Waals surface area (Å²) in [5, 5.41) is 9.75. The smallest absolute Gasteiger partial charge is 0.125 e. The van der Waals surface area contributed by atoms with Gasteiger partial charge in [0.1, 0.15) is 5.82 Å². The number of nitrogens with zero attached hydrogens (tertiary/aromatic N) is 1. The molecule has 1 N–H and O–H groups in total. The van der Waals surface area contributed by atoms with Gasteiger partial charge in [-0.15, -0.1) is 0 Å². The molecule has 2 nitrogen and oxygen atoms in total. The zero-order valence-electron chi connectivity index (χ0n) is 11.2. The van der Waals surface area contributed by atoms with E-state index in [2.05, 4.69) is 0 Å². The molecule has 19 heavy (non-hydrogen) atoms. The van der Waals surface area contributed by atoms with Crippen molar-refractivity contribution >= 4 is 11.4 Å². The molecule has 1 atom stereocenters. The summed E-state index contributed by atoms with van der Waals surface area (Å²) in [5.41, 5.74) is 2.65. The number of aliphatic hydroxyl groups excluding tert-OH is 1. The lowest BCUT2D eigenvalue weighted by Gasteiger charge is -2.20. The Morgan fingerprint density at radius 1 is 1.11 bits per heavy atom. The first-order valence-corrected chi connectivity index (χ1v) is 6.39. The Labute approximate surface area is 113 Å². The summed E-state index contributed by atoms with van der Waals surface area (Å²) in [4.78, 5) is 1.91. The van der Waals surface area contributed by atoms with Crippen LogP contribution in [0.1, 0.15) is 25.0 Å². The molecule has 0 saturated heterocycles. The van der Waals surface area contributed by atoms with Crippen molar-refractivity contribution in [2.45, 2.75) is 19.4 Å². The third-order valence-electron chi connectivity index (χ3n) is 3.25. The van der Waals surface area contributed by atoms with Gasteiger partial charge in [-0.2, -0.15) is 0 Å². The van der Waals surface area contributed by atoms with E-state index in [4.69, 9.17) is 0 Å². The van der Waals surface area contributed by atoms with E-state index in [0.29, 0.717) is 6.42 Å². The summed E-state index contributed by atoms with van der Waals surface area (Å²) in [5.74, 6) is -0.248. The highest BCUT2D eigenvalue weighted by Crippen LogP contribution is 2.26. The van der Waals surface area contributed by atoms with Crippen molar-refractivity contribution in [1.82, 2.24) is 0 Å². The predicted molar refractivity (Wildman–Crippen MR) is 76.2 cm³/mol. The minimum atomic E-state index is -0.423. The van der Waals surface area contributed by atoms with E-state index >= 15 is 0 Å². The van der Waals surface area contributed by atoms with Crippen LogP contribution in [0, 0.1) is 5.82 Å². The topological polar surface area (TPSA) is 23.5 Å². The van der Waals surface area contributed by atoms with Crippen LogP contribution < -0.4 is 4.90 Å². The van der Waals surface area contributed by atoms with Gasteiger partial charge in [0, 0.05) is 18.4 Å². The van der Waals surface area contributed by atoms with Gasteiger partial charge in [0.15, 0.2) is 0 Å². The molecule has 0 heterocycles. The van der Waals surface area contributed by atoms with Crippen molar-refractivity contribution in [1.29, 1.82) is 0 Å². The fourth-order valence-electron chi connectivity index (χ4n) is 1.99. The van der Waals surface area contributed by atoms with Crippen molar-refractivity contribution < 1.29 is 9.50 Å². The fourth-order valence-corrected chi connectivity index (χ4v) is 1.99. The molecule has 0 amide bonds. The molecule has 2 aromatic carbocycles. The largest absolute Gasteiger partial charge is 0.388 e. The van der Waals surface area contributed by atoms with Crippen molar-refractivity contribution in [3.63, 3.8) is 0 Å². The summed E-state index contributed by atoms with van der Waals surface area (Å²) in [6.45, 7) is 1.94. The monoisotopic (exact) mass is 259 g/mol. The van der Waals surface area contributed by atoms with E-state index in [1.165, 1.54) is 12.1 Å². The molecule has 0 radical (unpaired) electrons. The summed E-state index contributed by atoms with van der Waals surface area (Å²) in [6, 6.07) is 14.1. The third-order valence-corrected chi connectivity index (χ3v) is 3.25. The molecule has 2 rings (SSSR count). The molecule has 0 aliphatic heterocycles. The molecule has 0 fully saturated rings. The van der Waals surface area contributed by atoms with Gasteiger partial charge in [-0.3, -0.25) is 0 Å². The second-order valence-electron chi connectivity index (χ2n) is 4.55. The van der Waals surface area contributed by atoms with Crippen molar-refractivity contribution in [2.24, 2.45) is 0 Å². The molecule has 2 aromatic rings. The highest BCUT2D eigenvalue weighted by molar-refractivity contribution is 5.62. The molecule has 0 spiro atoms. The SMILES string of the molecule is CC[C@H](O)c1ccc(N(C)c2cccc(F)c2)cc1. The number of hydrogen-bond donors (Lipinski definition) is 1. The summed E-state index contributed by atoms with van der Waals surface area (Å²) >= 11 is 0. The Balaban J connectivity index is 2.22. The standard InChI is InChI=1S/C16H18FNO/c1-3-16(19)12-7-9-14(10-8-12)18(2)15-6-4-5-13(17)11-15/h4-11,16,19H,3H2,1-2H3/t16-/m0/s1. The lowest BCUT2D eigenvalue weighted by molar-refractivity contribution is 0.173. The van der Waals surface area contributed by atoms with E-state index in [9.17, 15) is 9.50 Å². The quantitative estimate of drug-likeness (QED) is 0.895. The Bertz CT molecular complexity index is 539. The zero-order valence-corrected chi connectivity index (χ0v) is 11.2. The number of halogens is 1. The van der Waals surface area contributed by atoms with E-state index in [1.54, 1.807) is 6.07 Å². The number of aliphatic hydroxyl groups is 1. The minimum absolute atomic E-state index is 0.248. The predicted octanol–water partition coefficient (Wildman–Crippen LogP) is 4.04. The van der Waals surface area contributed by atoms with Crippen LogP contribution >= 0.6 is 0 Å². The van der Waals surface area contributed by atoms with Gasteiger partial charge in [-0.05, 0) is 42.3 Å². The molecule has 0 aliphatic rings. The number of rotatable bonds is 4. The van der Waals surface area contributed by atoms with E-state index in [1.807, 2.05) is 49.2 Å². The van der Waals surface area contributed by atoms with Crippen LogP contribution in [0.25, 0.3) is 0 Å². The Hall–Kier alpha value is -1.87. The molecule has 100 valence electrons. The van der Waals surface area contributed by atoms with Crippen LogP contribution in [0.15, 0.2) is 48.5 Å². The second kappa shape index (κ2) is 5.85. The summed E-state index contributed by atoms with van der Waals surface area (Å²) in [7, 11) is 1.89. The lowest BCUT2D eigenvalue weighted by atomic mass is 10.1. The van der Waals surface area contributed by atoms with Crippen LogP contribution in [0.5, 0.6) is 0 Å². The molecule has 0 unspecified atom stereocenters. The molecule has 0 aromatic heterocycles. The molecular weight excluding hydrogens is 241 g/mol. The van der Waals surface area contributed by atoms with E-state index < -0.39 is 6.10 Å². The minimum Gasteiger partial charge on any atom is -0.388 e. The Morgan fingerprint density at radius 3 is 2.37 bits per heavy atom. The highest BCUT2D eigenvalue weighted by Gasteiger charge is 2.07. The van der Waals surface area contributed by atoms with Gasteiger partial charge >= 0.3 is 0 Å². The summed E-state index contributed by atoms with van der Waals surface area (Å²) in [6.07, 6.45) is 0.271. The molecule has 0 aliphatic carbocycles. The fraction of sp³-hybridized carbons (Fsp3) is 0.250. The van der Waals surface area contributed by atoms with Crippen LogP contribution in [-0.4, -0.2) is 12.2 Å². The number of hydrogen-bond acceptors (Lipinski definition) is 2. The van der Waals surface area contributed by atoms with Gasteiger partial charge in [-0.25, -0.2) is 4.39 Å². The molecule has 3 heteroatoms. The number of benzene rings is 2. The average Bonchev–Trinajstić information content (AvgIpc) is 2.46. The maximum absolute atomic E-state index is 13.2. The zero-order chi connectivity index (χ0) is 13.8. The van der Waals surface area contributed by atoms with Gasteiger partial charge in [0.25, 0.3) is 0 Å². The van der Waals surface area contributed by atoms with Gasteiger partial charge in [-0.1, -0.05) is 25.1 Å². The van der Waals surface area contributed by atoms with Gasteiger partial charge in [0.05, 0.1) is 6.10 Å². The first-order chi connectivity index (χ1) is 9.11. The first kappa shape index (κ1) is 13.6. The van der Waals surface area contributed by atoms with Gasteiger partial charge in [0.2, 0.25) is 0 Å². The average molecular weight is 259 g/mol. The van der Waals surface area contributed by atoms with Crippen LogP contribution in [0.2, 0.25) is 0 Å². The van der Waals surface area contributed by atoms with Gasteiger partial charge < -0.3 is 10.0 Å². The van der Waals surface area contributed by atoms with Crippen molar-refractivity contribution in [3.05, 3.63) is 59.9 Å². The van der Waals surface area contributed by atoms with Crippen molar-refractivity contribution in [3.8, 4) is 0 Å². The maximum atomic E-state index is 13.2. The third kappa shape index (κ3) is 3.12. The normalized spacial score (nSPS) is 12.2. The van der Waals surface area contributed by atoms with Crippen LogP contribution in [0.3, 0.4) is 0 Å². The summed E-state index contributed by atoms with van der Waals surface area (Å²) < 4.78 is 13.2. The Morgan fingerprint density at radius 2 is 1.79 bits per heavy atom. The first-order valence-electron chi connectivity index (χ1n) is 6.39. The molecule has 0 bridgehead atoms. The lowest BCUT2D eigenvalue weighted by Crippen LogP contribution is -2.09. The number of anilines is 2. The van der Waals surface area contributed by atoms with E-state index in [0.717, 1.165) is 16.9 Å².